The van der Waals surface area contributed by atoms with Crippen LogP contribution in [-0.2, 0) is 11.3 Å². The lowest BCUT2D eigenvalue weighted by atomic mass is 10.1. The average molecular weight is 448 g/mol. The van der Waals surface area contributed by atoms with Crippen LogP contribution in [-0.4, -0.2) is 18.6 Å². The average Bonchev–Trinajstić information content (AvgIpc) is 3.27. The standard InChI is InChI=1S/C24H17FN2O4S/c25-17-4-2-1-3-15(17)11-22-24(29)27-18-10-16(6-8-21(18)32-22)23(28)26-12-14-5-7-19-20(9-14)31-13-30-19/h1-11H,12-13H2,(H,26,28)(H,27,29). The van der Waals surface area contributed by atoms with Crippen molar-refractivity contribution in [3.63, 3.8) is 0 Å². The van der Waals surface area contributed by atoms with Crippen LogP contribution in [0, 0.1) is 5.82 Å². The number of hydrogen-bond donors (Lipinski definition) is 2. The van der Waals surface area contributed by atoms with Gasteiger partial charge in [-0.05, 0) is 48.0 Å². The van der Waals surface area contributed by atoms with Crippen molar-refractivity contribution in [1.29, 1.82) is 0 Å². The fourth-order valence-corrected chi connectivity index (χ4v) is 4.29. The van der Waals surface area contributed by atoms with Gasteiger partial charge in [-0.25, -0.2) is 4.39 Å². The molecule has 0 radical (unpaired) electrons. The van der Waals surface area contributed by atoms with Crippen LogP contribution in [0.2, 0.25) is 0 Å². The Hall–Kier alpha value is -3.78. The van der Waals surface area contributed by atoms with Gasteiger partial charge in [0.15, 0.2) is 11.5 Å². The number of thioether (sulfide) groups is 1. The third kappa shape index (κ3) is 4.04. The normalized spacial score (nSPS) is 15.3. The fourth-order valence-electron chi connectivity index (χ4n) is 3.37. The summed E-state index contributed by atoms with van der Waals surface area (Å²) in [6.45, 7) is 0.518. The van der Waals surface area contributed by atoms with Crippen molar-refractivity contribution in [2.24, 2.45) is 0 Å². The molecule has 0 bridgehead atoms. The third-order valence-electron chi connectivity index (χ3n) is 5.02. The molecule has 2 heterocycles. The highest BCUT2D eigenvalue weighted by Crippen LogP contribution is 2.39. The molecule has 3 aromatic carbocycles. The largest absolute Gasteiger partial charge is 0.454 e. The molecular formula is C24H17FN2O4S. The maximum atomic E-state index is 13.9. The second-order valence-corrected chi connectivity index (χ2v) is 8.25. The molecule has 5 rings (SSSR count). The topological polar surface area (TPSA) is 76.7 Å². The van der Waals surface area contributed by atoms with E-state index in [2.05, 4.69) is 10.6 Å². The van der Waals surface area contributed by atoms with Gasteiger partial charge in [0.25, 0.3) is 11.8 Å². The van der Waals surface area contributed by atoms with Gasteiger partial charge in [-0.2, -0.15) is 0 Å². The summed E-state index contributed by atoms with van der Waals surface area (Å²) in [5.74, 6) is 0.339. The second-order valence-electron chi connectivity index (χ2n) is 7.17. The number of nitrogens with one attached hydrogen (secondary N) is 2. The molecule has 3 aromatic rings. The number of fused-ring (bicyclic) bond motifs is 2. The van der Waals surface area contributed by atoms with Crippen LogP contribution in [0.3, 0.4) is 0 Å². The Morgan fingerprint density at radius 2 is 1.94 bits per heavy atom. The zero-order valence-corrected chi connectivity index (χ0v) is 17.5. The van der Waals surface area contributed by atoms with Crippen molar-refractivity contribution in [2.75, 3.05) is 12.1 Å². The smallest absolute Gasteiger partial charge is 0.262 e. The quantitative estimate of drug-likeness (QED) is 0.572. The van der Waals surface area contributed by atoms with Crippen LogP contribution in [0.25, 0.3) is 6.08 Å². The minimum absolute atomic E-state index is 0.196. The van der Waals surface area contributed by atoms with E-state index in [0.29, 0.717) is 39.8 Å². The molecule has 8 heteroatoms. The number of carbonyl (C=O) groups excluding carboxylic acids is 2. The molecule has 0 aromatic heterocycles. The van der Waals surface area contributed by atoms with Gasteiger partial charge >= 0.3 is 0 Å². The van der Waals surface area contributed by atoms with E-state index in [4.69, 9.17) is 9.47 Å². The second kappa shape index (κ2) is 8.39. The molecule has 0 spiro atoms. The summed E-state index contributed by atoms with van der Waals surface area (Å²) >= 11 is 1.24. The Morgan fingerprint density at radius 1 is 1.09 bits per heavy atom. The van der Waals surface area contributed by atoms with E-state index < -0.39 is 5.82 Å². The molecule has 2 aliphatic heterocycles. The highest BCUT2D eigenvalue weighted by molar-refractivity contribution is 8.04. The summed E-state index contributed by atoms with van der Waals surface area (Å²) in [6, 6.07) is 16.9. The van der Waals surface area contributed by atoms with E-state index in [1.165, 1.54) is 23.9 Å². The Bertz CT molecular complexity index is 1270. The minimum Gasteiger partial charge on any atom is -0.454 e. The summed E-state index contributed by atoms with van der Waals surface area (Å²) < 4.78 is 24.6. The number of benzene rings is 3. The zero-order chi connectivity index (χ0) is 22.1. The summed E-state index contributed by atoms with van der Waals surface area (Å²) in [4.78, 5) is 26.3. The first-order valence-corrected chi connectivity index (χ1v) is 10.6. The molecule has 0 atom stereocenters. The summed E-state index contributed by atoms with van der Waals surface area (Å²) in [5, 5.41) is 5.65. The summed E-state index contributed by atoms with van der Waals surface area (Å²) in [7, 11) is 0. The van der Waals surface area contributed by atoms with Gasteiger partial charge in [-0.1, -0.05) is 36.0 Å². The van der Waals surface area contributed by atoms with E-state index in [9.17, 15) is 14.0 Å². The molecule has 0 unspecified atom stereocenters. The number of ether oxygens (including phenoxy) is 2. The van der Waals surface area contributed by atoms with Crippen LogP contribution < -0.4 is 20.1 Å². The number of rotatable bonds is 4. The first-order chi connectivity index (χ1) is 15.6. The van der Waals surface area contributed by atoms with Crippen molar-refractivity contribution in [1.82, 2.24) is 5.32 Å². The van der Waals surface area contributed by atoms with Crippen molar-refractivity contribution < 1.29 is 23.5 Å². The van der Waals surface area contributed by atoms with Gasteiger partial charge in [0.1, 0.15) is 5.82 Å². The van der Waals surface area contributed by atoms with Crippen LogP contribution in [0.1, 0.15) is 21.5 Å². The van der Waals surface area contributed by atoms with E-state index in [1.807, 2.05) is 18.2 Å². The van der Waals surface area contributed by atoms with Crippen molar-refractivity contribution in [3.05, 3.63) is 88.1 Å². The van der Waals surface area contributed by atoms with Crippen molar-refractivity contribution in [3.8, 4) is 11.5 Å². The predicted octanol–water partition coefficient (Wildman–Crippen LogP) is 4.57. The van der Waals surface area contributed by atoms with Crippen LogP contribution in [0.15, 0.2) is 70.5 Å². The van der Waals surface area contributed by atoms with Gasteiger partial charge < -0.3 is 20.1 Å². The number of carbonyl (C=O) groups is 2. The van der Waals surface area contributed by atoms with Gasteiger partial charge in [-0.3, -0.25) is 9.59 Å². The summed E-state index contributed by atoms with van der Waals surface area (Å²) in [6.07, 6.45) is 1.52. The lowest BCUT2D eigenvalue weighted by Gasteiger charge is -2.19. The highest BCUT2D eigenvalue weighted by atomic mass is 32.2. The summed E-state index contributed by atoms with van der Waals surface area (Å²) in [5.41, 5.74) is 2.19. The van der Waals surface area contributed by atoms with E-state index in [-0.39, 0.29) is 18.6 Å². The number of amides is 2. The zero-order valence-electron chi connectivity index (χ0n) is 16.7. The SMILES string of the molecule is O=C1Nc2cc(C(=O)NCc3ccc4c(c3)OCO4)ccc2SC1=Cc1ccccc1F. The number of halogens is 1. The molecular weight excluding hydrogens is 431 g/mol. The molecule has 0 saturated carbocycles. The van der Waals surface area contributed by atoms with E-state index in [1.54, 1.807) is 36.4 Å². The molecule has 0 fully saturated rings. The lowest BCUT2D eigenvalue weighted by Crippen LogP contribution is -2.23. The molecule has 0 aliphatic carbocycles. The molecule has 0 saturated heterocycles. The van der Waals surface area contributed by atoms with E-state index >= 15 is 0 Å². The number of hydrogen-bond acceptors (Lipinski definition) is 5. The van der Waals surface area contributed by atoms with Crippen LogP contribution in [0.4, 0.5) is 10.1 Å². The van der Waals surface area contributed by atoms with Crippen LogP contribution >= 0.6 is 11.8 Å². The molecule has 2 amide bonds. The Labute approximate surface area is 187 Å². The molecule has 32 heavy (non-hydrogen) atoms. The van der Waals surface area contributed by atoms with Crippen molar-refractivity contribution >= 4 is 35.3 Å². The van der Waals surface area contributed by atoms with Gasteiger partial charge in [-0.15, -0.1) is 0 Å². The highest BCUT2D eigenvalue weighted by Gasteiger charge is 2.23. The Kier molecular flexibility index (Phi) is 5.28. The van der Waals surface area contributed by atoms with Gasteiger partial charge in [0, 0.05) is 22.6 Å². The number of anilines is 1. The maximum Gasteiger partial charge on any atom is 0.262 e. The third-order valence-corrected chi connectivity index (χ3v) is 6.11. The lowest BCUT2D eigenvalue weighted by molar-refractivity contribution is -0.112. The maximum absolute atomic E-state index is 13.9. The Balaban J connectivity index is 1.29. The molecule has 2 N–H and O–H groups in total. The van der Waals surface area contributed by atoms with Crippen LogP contribution in [0.5, 0.6) is 11.5 Å². The minimum atomic E-state index is -0.395. The molecule has 2 aliphatic rings. The van der Waals surface area contributed by atoms with Crippen molar-refractivity contribution in [2.45, 2.75) is 11.4 Å². The molecule has 6 nitrogen and oxygen atoms in total. The monoisotopic (exact) mass is 448 g/mol. The fraction of sp³-hybridized carbons (Fsp3) is 0.0833. The Morgan fingerprint density at radius 3 is 2.81 bits per heavy atom. The molecule has 160 valence electrons. The first kappa shape index (κ1) is 20.1. The predicted molar refractivity (Wildman–Crippen MR) is 119 cm³/mol. The van der Waals surface area contributed by atoms with Gasteiger partial charge in [0.05, 0.1) is 10.6 Å². The van der Waals surface area contributed by atoms with E-state index in [0.717, 1.165) is 10.5 Å². The van der Waals surface area contributed by atoms with Gasteiger partial charge in [0.2, 0.25) is 6.79 Å². The first-order valence-electron chi connectivity index (χ1n) is 9.83.